The monoisotopic (exact) mass is 349 g/mol. The SMILES string of the molecule is CC(=O)Nc1ccccc1SCC(=O)N1CCNC(=O)[C@H]1C(C)C. The van der Waals surface area contributed by atoms with Crippen molar-refractivity contribution >= 4 is 35.2 Å². The van der Waals surface area contributed by atoms with Crippen molar-refractivity contribution in [1.29, 1.82) is 0 Å². The predicted molar refractivity (Wildman–Crippen MR) is 94.8 cm³/mol. The number of piperazine rings is 1. The number of nitrogens with one attached hydrogen (secondary N) is 2. The number of amides is 3. The predicted octanol–water partition coefficient (Wildman–Crippen LogP) is 1.72. The second-order valence-electron chi connectivity index (χ2n) is 6.03. The Morgan fingerprint density at radius 2 is 2.08 bits per heavy atom. The molecule has 3 amide bonds. The van der Waals surface area contributed by atoms with Crippen molar-refractivity contribution in [3.8, 4) is 0 Å². The molecule has 24 heavy (non-hydrogen) atoms. The molecule has 6 nitrogen and oxygen atoms in total. The number of para-hydroxylation sites is 1. The van der Waals surface area contributed by atoms with Gasteiger partial charge in [-0.3, -0.25) is 14.4 Å². The lowest BCUT2D eigenvalue weighted by molar-refractivity contribution is -0.143. The number of hydrogen-bond acceptors (Lipinski definition) is 4. The van der Waals surface area contributed by atoms with E-state index in [4.69, 9.17) is 0 Å². The van der Waals surface area contributed by atoms with Crippen LogP contribution in [0.1, 0.15) is 20.8 Å². The molecule has 0 aliphatic carbocycles. The van der Waals surface area contributed by atoms with E-state index in [2.05, 4.69) is 10.6 Å². The van der Waals surface area contributed by atoms with Crippen LogP contribution >= 0.6 is 11.8 Å². The van der Waals surface area contributed by atoms with Gasteiger partial charge in [0.05, 0.1) is 11.4 Å². The standard InChI is InChI=1S/C17H23N3O3S/c1-11(2)16-17(23)18-8-9-20(16)15(22)10-24-14-7-5-4-6-13(14)19-12(3)21/h4-7,11,16H,8-10H2,1-3H3,(H,18,23)(H,19,21)/t16-/m1/s1. The molecule has 0 aromatic heterocycles. The summed E-state index contributed by atoms with van der Waals surface area (Å²) in [5.74, 6) is -0.0140. The lowest BCUT2D eigenvalue weighted by atomic mass is 10.00. The summed E-state index contributed by atoms with van der Waals surface area (Å²) in [4.78, 5) is 38.4. The zero-order valence-electron chi connectivity index (χ0n) is 14.2. The summed E-state index contributed by atoms with van der Waals surface area (Å²) in [6, 6.07) is 6.95. The quantitative estimate of drug-likeness (QED) is 0.794. The first-order valence-electron chi connectivity index (χ1n) is 7.96. The number of nitrogens with zero attached hydrogens (tertiary/aromatic N) is 1. The molecule has 1 aromatic rings. The first-order valence-corrected chi connectivity index (χ1v) is 8.95. The Hall–Kier alpha value is -2.02. The van der Waals surface area contributed by atoms with Gasteiger partial charge in [-0.1, -0.05) is 26.0 Å². The van der Waals surface area contributed by atoms with Gasteiger partial charge >= 0.3 is 0 Å². The van der Waals surface area contributed by atoms with E-state index in [1.807, 2.05) is 32.0 Å². The lowest BCUT2D eigenvalue weighted by Gasteiger charge is -2.37. The van der Waals surface area contributed by atoms with E-state index in [1.54, 1.807) is 11.0 Å². The largest absolute Gasteiger partial charge is 0.353 e. The molecule has 1 saturated heterocycles. The molecule has 7 heteroatoms. The summed E-state index contributed by atoms with van der Waals surface area (Å²) in [6.45, 7) is 6.35. The third kappa shape index (κ3) is 4.50. The van der Waals surface area contributed by atoms with E-state index in [0.29, 0.717) is 18.8 Å². The van der Waals surface area contributed by atoms with Gasteiger partial charge in [-0.25, -0.2) is 0 Å². The molecule has 1 heterocycles. The summed E-state index contributed by atoms with van der Waals surface area (Å²) in [7, 11) is 0. The molecule has 0 spiro atoms. The molecule has 2 N–H and O–H groups in total. The molecule has 1 aromatic carbocycles. The Balaban J connectivity index is 2.05. The van der Waals surface area contributed by atoms with Crippen molar-refractivity contribution in [2.45, 2.75) is 31.7 Å². The van der Waals surface area contributed by atoms with Crippen LogP contribution in [-0.2, 0) is 14.4 Å². The summed E-state index contributed by atoms with van der Waals surface area (Å²) in [5.41, 5.74) is 0.694. The van der Waals surface area contributed by atoms with E-state index in [0.717, 1.165) is 4.90 Å². The highest BCUT2D eigenvalue weighted by Crippen LogP contribution is 2.28. The summed E-state index contributed by atoms with van der Waals surface area (Å²) >= 11 is 1.37. The van der Waals surface area contributed by atoms with E-state index < -0.39 is 6.04 Å². The van der Waals surface area contributed by atoms with Crippen LogP contribution in [0.25, 0.3) is 0 Å². The number of thioether (sulfide) groups is 1. The van der Waals surface area contributed by atoms with Crippen LogP contribution in [-0.4, -0.2) is 47.5 Å². The minimum atomic E-state index is -0.419. The smallest absolute Gasteiger partial charge is 0.243 e. The molecule has 0 radical (unpaired) electrons. The average Bonchev–Trinajstić information content (AvgIpc) is 2.52. The summed E-state index contributed by atoms with van der Waals surface area (Å²) in [6.07, 6.45) is 0. The van der Waals surface area contributed by atoms with Crippen molar-refractivity contribution in [3.63, 3.8) is 0 Å². The normalized spacial score (nSPS) is 17.6. The highest BCUT2D eigenvalue weighted by Gasteiger charge is 2.34. The summed E-state index contributed by atoms with van der Waals surface area (Å²) < 4.78 is 0. The first-order chi connectivity index (χ1) is 11.4. The highest BCUT2D eigenvalue weighted by molar-refractivity contribution is 8.00. The second kappa shape index (κ2) is 8.19. The molecule has 0 saturated carbocycles. The minimum Gasteiger partial charge on any atom is -0.353 e. The number of carbonyl (C=O) groups is 3. The maximum absolute atomic E-state index is 12.6. The van der Waals surface area contributed by atoms with E-state index in [1.165, 1.54) is 18.7 Å². The first kappa shape index (κ1) is 18.3. The van der Waals surface area contributed by atoms with Crippen molar-refractivity contribution in [3.05, 3.63) is 24.3 Å². The molecule has 1 aliphatic rings. The van der Waals surface area contributed by atoms with E-state index in [9.17, 15) is 14.4 Å². The van der Waals surface area contributed by atoms with Gasteiger partial charge in [0.1, 0.15) is 6.04 Å². The van der Waals surface area contributed by atoms with Gasteiger partial charge in [-0.2, -0.15) is 0 Å². The van der Waals surface area contributed by atoms with Crippen molar-refractivity contribution in [2.75, 3.05) is 24.2 Å². The lowest BCUT2D eigenvalue weighted by Crippen LogP contribution is -2.59. The molecule has 1 atom stereocenters. The number of hydrogen-bond donors (Lipinski definition) is 2. The van der Waals surface area contributed by atoms with Crippen LogP contribution in [0.4, 0.5) is 5.69 Å². The molecular weight excluding hydrogens is 326 g/mol. The Bertz CT molecular complexity index is 633. The zero-order valence-corrected chi connectivity index (χ0v) is 15.0. The maximum Gasteiger partial charge on any atom is 0.243 e. The Kier molecular flexibility index (Phi) is 6.25. The van der Waals surface area contributed by atoms with Gasteiger partial charge in [0, 0.05) is 24.9 Å². The van der Waals surface area contributed by atoms with Crippen LogP contribution < -0.4 is 10.6 Å². The topological polar surface area (TPSA) is 78.5 Å². The number of rotatable bonds is 5. The third-order valence-electron chi connectivity index (χ3n) is 3.76. The van der Waals surface area contributed by atoms with Crippen molar-refractivity contribution in [2.24, 2.45) is 5.92 Å². The van der Waals surface area contributed by atoms with E-state index in [-0.39, 0.29) is 29.4 Å². The van der Waals surface area contributed by atoms with E-state index >= 15 is 0 Å². The minimum absolute atomic E-state index is 0.0610. The Morgan fingerprint density at radius 3 is 2.75 bits per heavy atom. The number of carbonyl (C=O) groups excluding carboxylic acids is 3. The average molecular weight is 349 g/mol. The second-order valence-corrected chi connectivity index (χ2v) is 7.05. The van der Waals surface area contributed by atoms with Gasteiger partial charge in [-0.15, -0.1) is 11.8 Å². The van der Waals surface area contributed by atoms with Gasteiger partial charge < -0.3 is 15.5 Å². The van der Waals surface area contributed by atoms with Crippen LogP contribution in [0.3, 0.4) is 0 Å². The fourth-order valence-electron chi connectivity index (χ4n) is 2.74. The number of benzene rings is 1. The van der Waals surface area contributed by atoms with Crippen LogP contribution in [0, 0.1) is 5.92 Å². The molecule has 1 fully saturated rings. The van der Waals surface area contributed by atoms with Gasteiger partial charge in [-0.05, 0) is 18.1 Å². The van der Waals surface area contributed by atoms with Crippen molar-refractivity contribution in [1.82, 2.24) is 10.2 Å². The van der Waals surface area contributed by atoms with Crippen LogP contribution in [0.5, 0.6) is 0 Å². The van der Waals surface area contributed by atoms with Gasteiger partial charge in [0.2, 0.25) is 17.7 Å². The molecular formula is C17H23N3O3S. The fraction of sp³-hybridized carbons (Fsp3) is 0.471. The molecule has 130 valence electrons. The highest BCUT2D eigenvalue weighted by atomic mass is 32.2. The molecule has 2 rings (SSSR count). The molecule has 0 unspecified atom stereocenters. The Morgan fingerprint density at radius 1 is 1.38 bits per heavy atom. The van der Waals surface area contributed by atoms with Gasteiger partial charge in [0.25, 0.3) is 0 Å². The fourth-order valence-corrected chi connectivity index (χ4v) is 3.63. The number of anilines is 1. The summed E-state index contributed by atoms with van der Waals surface area (Å²) in [5, 5.41) is 5.58. The zero-order chi connectivity index (χ0) is 17.7. The van der Waals surface area contributed by atoms with Crippen molar-refractivity contribution < 1.29 is 14.4 Å². The Labute approximate surface area is 146 Å². The third-order valence-corrected chi connectivity index (χ3v) is 4.82. The molecule has 0 bridgehead atoms. The maximum atomic E-state index is 12.6. The van der Waals surface area contributed by atoms with Crippen LogP contribution in [0.15, 0.2) is 29.2 Å². The van der Waals surface area contributed by atoms with Crippen LogP contribution in [0.2, 0.25) is 0 Å². The van der Waals surface area contributed by atoms with Gasteiger partial charge in [0.15, 0.2) is 0 Å². The molecule has 1 aliphatic heterocycles.